The molecule has 2 aromatic heterocycles. The lowest BCUT2D eigenvalue weighted by atomic mass is 10.2. The monoisotopic (exact) mass is 223 g/mol. The largest absolute Gasteiger partial charge is 0.296 e. The van der Waals surface area contributed by atoms with E-state index in [1.54, 1.807) is 22.8 Å². The molecule has 0 N–H and O–H groups in total. The Kier molecular flexibility index (Phi) is 2.19. The van der Waals surface area contributed by atoms with Crippen LogP contribution in [0.5, 0.6) is 0 Å². The Morgan fingerprint density at radius 2 is 1.88 bits per heavy atom. The van der Waals surface area contributed by atoms with E-state index < -0.39 is 0 Å². The molecule has 0 unspecified atom stereocenters. The van der Waals surface area contributed by atoms with E-state index in [1.165, 1.54) is 0 Å². The third-order valence-corrected chi connectivity index (χ3v) is 2.57. The molecule has 3 aromatic rings. The van der Waals surface area contributed by atoms with E-state index in [0.717, 1.165) is 23.2 Å². The highest BCUT2D eigenvalue weighted by molar-refractivity contribution is 5.72. The zero-order valence-electron chi connectivity index (χ0n) is 8.95. The Balaban J connectivity index is 2.27. The molecule has 0 saturated heterocycles. The second-order valence-corrected chi connectivity index (χ2v) is 3.66. The van der Waals surface area contributed by atoms with Gasteiger partial charge in [0.25, 0.3) is 0 Å². The molecule has 0 bridgehead atoms. The molecule has 82 valence electrons. The van der Waals surface area contributed by atoms with Crippen molar-refractivity contribution in [2.45, 2.75) is 0 Å². The second-order valence-electron chi connectivity index (χ2n) is 3.66. The first kappa shape index (κ1) is 9.72. The molecule has 4 heteroatoms. The van der Waals surface area contributed by atoms with Crippen LogP contribution in [-0.2, 0) is 0 Å². The lowest BCUT2D eigenvalue weighted by Gasteiger charge is -2.00. The van der Waals surface area contributed by atoms with E-state index in [4.69, 9.17) is 0 Å². The lowest BCUT2D eigenvalue weighted by molar-refractivity contribution is 0.111. The summed E-state index contributed by atoms with van der Waals surface area (Å²) in [5.41, 5.74) is 3.03. The van der Waals surface area contributed by atoms with Crippen LogP contribution in [0.25, 0.3) is 16.9 Å². The van der Waals surface area contributed by atoms with Crippen LogP contribution in [0.1, 0.15) is 10.5 Å². The molecule has 0 amide bonds. The number of imidazole rings is 1. The molecule has 0 aliphatic carbocycles. The predicted molar refractivity (Wildman–Crippen MR) is 63.8 cm³/mol. The number of aromatic nitrogens is 3. The number of carbonyl (C=O) groups is 1. The topological polar surface area (TPSA) is 47.3 Å². The highest BCUT2D eigenvalue weighted by atomic mass is 16.1. The van der Waals surface area contributed by atoms with Crippen molar-refractivity contribution in [2.24, 2.45) is 0 Å². The Bertz CT molecular complexity index is 673. The van der Waals surface area contributed by atoms with Crippen molar-refractivity contribution in [3.63, 3.8) is 0 Å². The number of carbonyl (C=O) groups excluding carboxylic acids is 1. The minimum absolute atomic E-state index is 0.396. The molecule has 0 spiro atoms. The van der Waals surface area contributed by atoms with Gasteiger partial charge >= 0.3 is 0 Å². The standard InChI is InChI=1S/C13H9N3O/c17-9-11-6-7-13-14-8-12(16(13)15-11)10-4-2-1-3-5-10/h1-9H. The smallest absolute Gasteiger partial charge is 0.170 e. The Hall–Kier alpha value is -2.49. The van der Waals surface area contributed by atoms with Crippen LogP contribution in [0.15, 0.2) is 48.7 Å². The molecule has 2 heterocycles. The summed E-state index contributed by atoms with van der Waals surface area (Å²) in [5.74, 6) is 0. The predicted octanol–water partition coefficient (Wildman–Crippen LogP) is 2.21. The van der Waals surface area contributed by atoms with E-state index >= 15 is 0 Å². The number of nitrogens with zero attached hydrogens (tertiary/aromatic N) is 3. The number of hydrogen-bond acceptors (Lipinski definition) is 3. The van der Waals surface area contributed by atoms with Gasteiger partial charge in [-0.2, -0.15) is 5.10 Å². The van der Waals surface area contributed by atoms with Crippen molar-refractivity contribution in [1.82, 2.24) is 14.6 Å². The molecule has 0 saturated carbocycles. The minimum Gasteiger partial charge on any atom is -0.296 e. The summed E-state index contributed by atoms with van der Waals surface area (Å²) in [7, 11) is 0. The minimum atomic E-state index is 0.396. The van der Waals surface area contributed by atoms with E-state index in [-0.39, 0.29) is 0 Å². The van der Waals surface area contributed by atoms with E-state index in [2.05, 4.69) is 10.1 Å². The van der Waals surface area contributed by atoms with Crippen LogP contribution in [-0.4, -0.2) is 20.9 Å². The van der Waals surface area contributed by atoms with Crippen molar-refractivity contribution in [3.05, 3.63) is 54.4 Å². The van der Waals surface area contributed by atoms with Gasteiger partial charge in [0.2, 0.25) is 0 Å². The number of benzene rings is 1. The molecule has 0 fully saturated rings. The maximum atomic E-state index is 10.7. The summed E-state index contributed by atoms with van der Waals surface area (Å²) in [6.45, 7) is 0. The van der Waals surface area contributed by atoms with Crippen LogP contribution in [0.2, 0.25) is 0 Å². The number of rotatable bonds is 2. The Labute approximate surface area is 97.5 Å². The van der Waals surface area contributed by atoms with Crippen molar-refractivity contribution < 1.29 is 4.79 Å². The lowest BCUT2D eigenvalue weighted by Crippen LogP contribution is -1.98. The Morgan fingerprint density at radius 1 is 1.06 bits per heavy atom. The summed E-state index contributed by atoms with van der Waals surface area (Å²) in [4.78, 5) is 15.0. The highest BCUT2D eigenvalue weighted by Crippen LogP contribution is 2.19. The first-order valence-electron chi connectivity index (χ1n) is 5.24. The normalized spacial score (nSPS) is 10.6. The Morgan fingerprint density at radius 3 is 2.65 bits per heavy atom. The quantitative estimate of drug-likeness (QED) is 0.626. The number of fused-ring (bicyclic) bond motifs is 1. The van der Waals surface area contributed by atoms with Gasteiger partial charge in [0, 0.05) is 5.56 Å². The zero-order chi connectivity index (χ0) is 11.7. The van der Waals surface area contributed by atoms with Crippen molar-refractivity contribution in [3.8, 4) is 11.3 Å². The van der Waals surface area contributed by atoms with Gasteiger partial charge in [0.15, 0.2) is 11.9 Å². The van der Waals surface area contributed by atoms with Gasteiger partial charge in [-0.3, -0.25) is 4.79 Å². The molecule has 0 aliphatic heterocycles. The summed E-state index contributed by atoms with van der Waals surface area (Å²) in [5, 5.41) is 4.22. The molecular formula is C13H9N3O. The summed E-state index contributed by atoms with van der Waals surface area (Å²) in [6.07, 6.45) is 2.49. The molecule has 3 rings (SSSR count). The fourth-order valence-corrected chi connectivity index (χ4v) is 1.76. The third-order valence-electron chi connectivity index (χ3n) is 2.57. The molecule has 17 heavy (non-hydrogen) atoms. The van der Waals surface area contributed by atoms with Gasteiger partial charge in [-0.05, 0) is 12.1 Å². The van der Waals surface area contributed by atoms with Crippen molar-refractivity contribution >= 4 is 11.9 Å². The first-order chi connectivity index (χ1) is 8.38. The molecule has 0 atom stereocenters. The van der Waals surface area contributed by atoms with Crippen LogP contribution in [0, 0.1) is 0 Å². The highest BCUT2D eigenvalue weighted by Gasteiger charge is 2.06. The molecule has 0 aliphatic rings. The van der Waals surface area contributed by atoms with E-state index in [9.17, 15) is 4.79 Å². The third kappa shape index (κ3) is 1.59. The molecular weight excluding hydrogens is 214 g/mol. The average Bonchev–Trinajstić information content (AvgIpc) is 2.82. The van der Waals surface area contributed by atoms with Gasteiger partial charge in [-0.25, -0.2) is 9.50 Å². The summed E-state index contributed by atoms with van der Waals surface area (Å²) in [6, 6.07) is 13.3. The maximum absolute atomic E-state index is 10.7. The van der Waals surface area contributed by atoms with Gasteiger partial charge in [-0.1, -0.05) is 30.3 Å². The summed E-state index contributed by atoms with van der Waals surface area (Å²) < 4.78 is 1.68. The number of aldehydes is 1. The fourth-order valence-electron chi connectivity index (χ4n) is 1.76. The van der Waals surface area contributed by atoms with E-state index in [1.807, 2.05) is 30.3 Å². The van der Waals surface area contributed by atoms with E-state index in [0.29, 0.717) is 5.69 Å². The molecule has 4 nitrogen and oxygen atoms in total. The summed E-state index contributed by atoms with van der Waals surface area (Å²) >= 11 is 0. The zero-order valence-corrected chi connectivity index (χ0v) is 8.95. The van der Waals surface area contributed by atoms with Crippen LogP contribution < -0.4 is 0 Å². The maximum Gasteiger partial charge on any atom is 0.170 e. The fraction of sp³-hybridized carbons (Fsp3) is 0. The number of hydrogen-bond donors (Lipinski definition) is 0. The van der Waals surface area contributed by atoms with Gasteiger partial charge in [0.1, 0.15) is 5.69 Å². The second kappa shape index (κ2) is 3.83. The molecule has 0 radical (unpaired) electrons. The van der Waals surface area contributed by atoms with Gasteiger partial charge < -0.3 is 0 Å². The van der Waals surface area contributed by atoms with Crippen molar-refractivity contribution in [2.75, 3.05) is 0 Å². The average molecular weight is 223 g/mol. The SMILES string of the molecule is O=Cc1ccc2ncc(-c3ccccc3)n2n1. The van der Waals surface area contributed by atoms with Crippen LogP contribution >= 0.6 is 0 Å². The molecule has 1 aromatic carbocycles. The van der Waals surface area contributed by atoms with Crippen molar-refractivity contribution in [1.29, 1.82) is 0 Å². The van der Waals surface area contributed by atoms with Crippen LogP contribution in [0.3, 0.4) is 0 Å². The van der Waals surface area contributed by atoms with Gasteiger partial charge in [-0.15, -0.1) is 0 Å². The first-order valence-corrected chi connectivity index (χ1v) is 5.24. The van der Waals surface area contributed by atoms with Crippen LogP contribution in [0.4, 0.5) is 0 Å². The van der Waals surface area contributed by atoms with Gasteiger partial charge in [0.05, 0.1) is 11.9 Å².